The number of benzene rings is 3. The van der Waals surface area contributed by atoms with Crippen molar-refractivity contribution in [3.8, 4) is 23.0 Å². The van der Waals surface area contributed by atoms with Gasteiger partial charge in [-0.25, -0.2) is 0 Å². The van der Waals surface area contributed by atoms with Crippen LogP contribution in [0.4, 0.5) is 0 Å². The van der Waals surface area contributed by atoms with Gasteiger partial charge in [0, 0.05) is 43.7 Å². The third-order valence-electron chi connectivity index (χ3n) is 7.08. The van der Waals surface area contributed by atoms with Gasteiger partial charge in [-0.1, -0.05) is 34.1 Å². The molecule has 0 bridgehead atoms. The van der Waals surface area contributed by atoms with Gasteiger partial charge in [0.2, 0.25) is 12.6 Å². The number of carbonyl (C=O) groups excluding carboxylic acids is 1. The van der Waals surface area contributed by atoms with Crippen LogP contribution in [0, 0.1) is 6.92 Å². The number of phenolic OH excluding ortho intramolecular Hbond substituents is 1. The molecule has 7 nitrogen and oxygen atoms in total. The molecule has 0 saturated carbocycles. The SMILES string of the molecule is Cc1cc(O)c(CN2CCN(Cc3ccc4c(c3)OCO4)CC2)c2c1C(=O)/C(=C/c1ccc(Br)cc1)O2. The second-order valence-electron chi connectivity index (χ2n) is 9.63. The maximum atomic E-state index is 13.2. The number of aromatic hydroxyl groups is 1. The quantitative estimate of drug-likeness (QED) is 0.432. The van der Waals surface area contributed by atoms with Gasteiger partial charge in [-0.15, -0.1) is 0 Å². The van der Waals surface area contributed by atoms with Crippen LogP contribution in [0.2, 0.25) is 0 Å². The number of piperazine rings is 1. The average Bonchev–Trinajstić information content (AvgIpc) is 3.48. The summed E-state index contributed by atoms with van der Waals surface area (Å²) in [5.74, 6) is 2.38. The lowest BCUT2D eigenvalue weighted by atomic mass is 9.99. The topological polar surface area (TPSA) is 71.5 Å². The summed E-state index contributed by atoms with van der Waals surface area (Å²) in [6, 6.07) is 15.5. The Kier molecular flexibility index (Phi) is 6.40. The van der Waals surface area contributed by atoms with Crippen LogP contribution < -0.4 is 14.2 Å². The van der Waals surface area contributed by atoms with Gasteiger partial charge in [-0.2, -0.15) is 0 Å². The molecule has 3 heterocycles. The zero-order chi connectivity index (χ0) is 25.5. The number of phenols is 1. The molecule has 8 heteroatoms. The Bertz CT molecular complexity index is 1390. The highest BCUT2D eigenvalue weighted by Crippen LogP contribution is 2.42. The number of hydrogen-bond donors (Lipinski definition) is 1. The molecule has 0 amide bonds. The zero-order valence-electron chi connectivity index (χ0n) is 20.5. The van der Waals surface area contributed by atoms with Crippen molar-refractivity contribution in [3.63, 3.8) is 0 Å². The van der Waals surface area contributed by atoms with Crippen LogP contribution in [-0.4, -0.2) is 53.7 Å². The van der Waals surface area contributed by atoms with Gasteiger partial charge in [0.15, 0.2) is 17.3 Å². The van der Waals surface area contributed by atoms with Gasteiger partial charge in [0.05, 0.1) is 11.1 Å². The van der Waals surface area contributed by atoms with Gasteiger partial charge >= 0.3 is 0 Å². The van der Waals surface area contributed by atoms with E-state index < -0.39 is 0 Å². The molecule has 3 aliphatic heterocycles. The van der Waals surface area contributed by atoms with E-state index in [2.05, 4.69) is 37.9 Å². The standard InChI is InChI=1S/C29H27BrN2O5/c1-18-12-23(33)22(29-27(18)28(34)26(37-29)13-19-2-5-21(30)6-3-19)16-32-10-8-31(9-11-32)15-20-4-7-24-25(14-20)36-17-35-24/h2-7,12-14,33H,8-11,15-17H2,1H3/b26-13-. The third kappa shape index (κ3) is 4.84. The van der Waals surface area contributed by atoms with E-state index in [4.69, 9.17) is 14.2 Å². The van der Waals surface area contributed by atoms with Crippen molar-refractivity contribution in [3.05, 3.63) is 86.6 Å². The van der Waals surface area contributed by atoms with Crippen molar-refractivity contribution in [2.75, 3.05) is 33.0 Å². The number of halogens is 1. The van der Waals surface area contributed by atoms with E-state index >= 15 is 0 Å². The lowest BCUT2D eigenvalue weighted by Crippen LogP contribution is -2.45. The summed E-state index contributed by atoms with van der Waals surface area (Å²) < 4.78 is 18.0. The number of rotatable bonds is 5. The van der Waals surface area contributed by atoms with Crippen molar-refractivity contribution in [2.24, 2.45) is 0 Å². The Morgan fingerprint density at radius 1 is 0.946 bits per heavy atom. The molecular weight excluding hydrogens is 536 g/mol. The fourth-order valence-corrected chi connectivity index (χ4v) is 5.33. The Balaban J connectivity index is 1.15. The predicted octanol–water partition coefficient (Wildman–Crippen LogP) is 5.13. The smallest absolute Gasteiger partial charge is 0.232 e. The summed E-state index contributed by atoms with van der Waals surface area (Å²) in [7, 11) is 0. The largest absolute Gasteiger partial charge is 0.507 e. The molecule has 1 fully saturated rings. The minimum atomic E-state index is -0.148. The van der Waals surface area contributed by atoms with Crippen LogP contribution in [-0.2, 0) is 13.1 Å². The predicted molar refractivity (Wildman–Crippen MR) is 143 cm³/mol. The number of ketones is 1. The monoisotopic (exact) mass is 562 g/mol. The average molecular weight is 563 g/mol. The van der Waals surface area contributed by atoms with E-state index in [9.17, 15) is 9.90 Å². The number of fused-ring (bicyclic) bond motifs is 2. The Morgan fingerprint density at radius 2 is 1.65 bits per heavy atom. The highest BCUT2D eigenvalue weighted by atomic mass is 79.9. The molecule has 0 spiro atoms. The molecule has 0 atom stereocenters. The lowest BCUT2D eigenvalue weighted by Gasteiger charge is -2.35. The minimum Gasteiger partial charge on any atom is -0.507 e. The number of Topliss-reactive ketones (excluding diaryl/α,β-unsaturated/α-hetero) is 1. The van der Waals surface area contributed by atoms with Gasteiger partial charge in [0.25, 0.3) is 0 Å². The molecule has 0 unspecified atom stereocenters. The van der Waals surface area contributed by atoms with Crippen molar-refractivity contribution in [2.45, 2.75) is 20.0 Å². The highest BCUT2D eigenvalue weighted by molar-refractivity contribution is 9.10. The van der Waals surface area contributed by atoms with E-state index in [0.717, 1.165) is 54.3 Å². The number of hydrogen-bond acceptors (Lipinski definition) is 7. The van der Waals surface area contributed by atoms with Crippen LogP contribution in [0.1, 0.15) is 32.6 Å². The summed E-state index contributed by atoms with van der Waals surface area (Å²) in [5, 5.41) is 10.8. The van der Waals surface area contributed by atoms with Crippen molar-refractivity contribution in [1.29, 1.82) is 0 Å². The number of allylic oxidation sites excluding steroid dienone is 1. The zero-order valence-corrected chi connectivity index (χ0v) is 22.1. The first-order chi connectivity index (χ1) is 17.9. The van der Waals surface area contributed by atoms with Crippen molar-refractivity contribution < 1.29 is 24.1 Å². The number of carbonyl (C=O) groups is 1. The lowest BCUT2D eigenvalue weighted by molar-refractivity contribution is 0.101. The molecule has 3 aliphatic rings. The fourth-order valence-electron chi connectivity index (χ4n) is 5.07. The van der Waals surface area contributed by atoms with Gasteiger partial charge in [-0.05, 0) is 60.0 Å². The first kappa shape index (κ1) is 24.0. The molecule has 0 aliphatic carbocycles. The summed E-state index contributed by atoms with van der Waals surface area (Å²) in [6.07, 6.45) is 1.75. The number of nitrogens with zero attached hydrogens (tertiary/aromatic N) is 2. The van der Waals surface area contributed by atoms with Crippen LogP contribution in [0.5, 0.6) is 23.0 Å². The molecule has 3 aromatic carbocycles. The highest BCUT2D eigenvalue weighted by Gasteiger charge is 2.34. The third-order valence-corrected chi connectivity index (χ3v) is 7.61. The maximum Gasteiger partial charge on any atom is 0.232 e. The first-order valence-corrected chi connectivity index (χ1v) is 13.1. The van der Waals surface area contributed by atoms with Gasteiger partial charge in [0.1, 0.15) is 11.5 Å². The minimum absolute atomic E-state index is 0.148. The molecule has 6 rings (SSSR count). The molecule has 1 N–H and O–H groups in total. The van der Waals surface area contributed by atoms with Crippen LogP contribution in [0.15, 0.2) is 58.8 Å². The number of ether oxygens (including phenoxy) is 3. The van der Waals surface area contributed by atoms with Crippen molar-refractivity contribution >= 4 is 27.8 Å². The Hall–Kier alpha value is -3.33. The summed E-state index contributed by atoms with van der Waals surface area (Å²) >= 11 is 3.43. The van der Waals surface area contributed by atoms with Gasteiger partial charge < -0.3 is 19.3 Å². The number of aryl methyl sites for hydroxylation is 1. The van der Waals surface area contributed by atoms with E-state index in [1.165, 1.54) is 5.56 Å². The van der Waals surface area contributed by atoms with Crippen LogP contribution in [0.25, 0.3) is 6.08 Å². The van der Waals surface area contributed by atoms with Crippen molar-refractivity contribution in [1.82, 2.24) is 9.80 Å². The van der Waals surface area contributed by atoms with E-state index in [1.54, 1.807) is 12.1 Å². The summed E-state index contributed by atoms with van der Waals surface area (Å²) in [4.78, 5) is 17.9. The normalized spacial score (nSPS) is 18.3. The first-order valence-electron chi connectivity index (χ1n) is 12.3. The molecule has 190 valence electrons. The molecule has 0 aromatic heterocycles. The van der Waals surface area contributed by atoms with Crippen LogP contribution in [0.3, 0.4) is 0 Å². The molecule has 37 heavy (non-hydrogen) atoms. The van der Waals surface area contributed by atoms with E-state index in [1.807, 2.05) is 37.3 Å². The second-order valence-corrected chi connectivity index (χ2v) is 10.5. The van der Waals surface area contributed by atoms with E-state index in [-0.39, 0.29) is 24.1 Å². The summed E-state index contributed by atoms with van der Waals surface area (Å²) in [5.41, 5.74) is 3.99. The van der Waals surface area contributed by atoms with Gasteiger partial charge in [-0.3, -0.25) is 14.6 Å². The summed E-state index contributed by atoms with van der Waals surface area (Å²) in [6.45, 7) is 6.98. The Labute approximate surface area is 224 Å². The fraction of sp³-hybridized carbons (Fsp3) is 0.276. The van der Waals surface area contributed by atoms with E-state index in [0.29, 0.717) is 29.0 Å². The molecule has 1 saturated heterocycles. The van der Waals surface area contributed by atoms with Crippen LogP contribution >= 0.6 is 15.9 Å². The molecule has 0 radical (unpaired) electrons. The maximum absolute atomic E-state index is 13.2. The molecular formula is C29H27BrN2O5. The second kappa shape index (κ2) is 9.85. The molecule has 3 aromatic rings. The Morgan fingerprint density at radius 3 is 2.41 bits per heavy atom.